The highest BCUT2D eigenvalue weighted by Gasteiger charge is 2.49. The summed E-state index contributed by atoms with van der Waals surface area (Å²) in [5.41, 5.74) is 0. The van der Waals surface area contributed by atoms with Gasteiger partial charge in [0, 0.05) is 18.4 Å². The Bertz CT molecular complexity index is 274. The molecule has 16 heavy (non-hydrogen) atoms. The van der Waals surface area contributed by atoms with Crippen molar-refractivity contribution in [2.75, 3.05) is 6.61 Å². The number of hydrogen-bond acceptors (Lipinski definition) is 2. The van der Waals surface area contributed by atoms with Gasteiger partial charge >= 0.3 is 0 Å². The third kappa shape index (κ3) is 1.81. The van der Waals surface area contributed by atoms with Crippen LogP contribution in [-0.4, -0.2) is 17.5 Å². The SMILES string of the molecule is CC1CC2C[C@@H](C)C(=O)C2C(C)C1CCO. The van der Waals surface area contributed by atoms with Crippen LogP contribution in [0.2, 0.25) is 0 Å². The van der Waals surface area contributed by atoms with Gasteiger partial charge in [0.2, 0.25) is 0 Å². The summed E-state index contributed by atoms with van der Waals surface area (Å²) in [5.74, 6) is 3.37. The Morgan fingerprint density at radius 2 is 1.94 bits per heavy atom. The van der Waals surface area contributed by atoms with Crippen molar-refractivity contribution in [3.8, 4) is 0 Å². The molecule has 0 aromatic carbocycles. The van der Waals surface area contributed by atoms with Gasteiger partial charge in [0.15, 0.2) is 0 Å². The van der Waals surface area contributed by atoms with E-state index in [4.69, 9.17) is 5.11 Å². The number of ketones is 1. The van der Waals surface area contributed by atoms with Crippen molar-refractivity contribution < 1.29 is 9.90 Å². The molecule has 0 aromatic heterocycles. The molecule has 0 heterocycles. The van der Waals surface area contributed by atoms with Crippen molar-refractivity contribution in [1.82, 2.24) is 0 Å². The van der Waals surface area contributed by atoms with Gasteiger partial charge in [-0.3, -0.25) is 4.79 Å². The van der Waals surface area contributed by atoms with E-state index < -0.39 is 0 Å². The van der Waals surface area contributed by atoms with Crippen molar-refractivity contribution in [3.05, 3.63) is 0 Å². The Labute approximate surface area is 98.4 Å². The monoisotopic (exact) mass is 224 g/mol. The first-order chi connectivity index (χ1) is 7.56. The molecule has 0 radical (unpaired) electrons. The number of rotatable bonds is 2. The Hall–Kier alpha value is -0.370. The number of fused-ring (bicyclic) bond motifs is 1. The van der Waals surface area contributed by atoms with E-state index >= 15 is 0 Å². The van der Waals surface area contributed by atoms with Crippen LogP contribution in [0, 0.1) is 35.5 Å². The summed E-state index contributed by atoms with van der Waals surface area (Å²) in [6, 6.07) is 0. The third-order valence-corrected chi connectivity index (χ3v) is 5.09. The van der Waals surface area contributed by atoms with E-state index in [-0.39, 0.29) is 12.5 Å². The predicted molar refractivity (Wildman–Crippen MR) is 63.9 cm³/mol. The summed E-state index contributed by atoms with van der Waals surface area (Å²) in [6.45, 7) is 6.86. The van der Waals surface area contributed by atoms with Gasteiger partial charge < -0.3 is 5.11 Å². The maximum Gasteiger partial charge on any atom is 0.139 e. The number of aliphatic hydroxyl groups excluding tert-OH is 1. The lowest BCUT2D eigenvalue weighted by atomic mass is 9.63. The molecule has 0 aromatic rings. The van der Waals surface area contributed by atoms with E-state index in [1.54, 1.807) is 0 Å². The fourth-order valence-electron chi connectivity index (χ4n) is 4.34. The highest BCUT2D eigenvalue weighted by Crippen LogP contribution is 2.50. The van der Waals surface area contributed by atoms with Gasteiger partial charge in [-0.25, -0.2) is 0 Å². The van der Waals surface area contributed by atoms with E-state index in [0.717, 1.165) is 12.8 Å². The van der Waals surface area contributed by atoms with Gasteiger partial charge in [-0.05, 0) is 42.9 Å². The Morgan fingerprint density at radius 1 is 1.25 bits per heavy atom. The smallest absolute Gasteiger partial charge is 0.139 e. The number of aliphatic hydroxyl groups is 1. The molecule has 2 aliphatic rings. The van der Waals surface area contributed by atoms with Crippen molar-refractivity contribution in [2.45, 2.75) is 40.0 Å². The van der Waals surface area contributed by atoms with Gasteiger partial charge in [-0.2, -0.15) is 0 Å². The van der Waals surface area contributed by atoms with Crippen LogP contribution in [-0.2, 0) is 4.79 Å². The summed E-state index contributed by atoms with van der Waals surface area (Å²) in [5, 5.41) is 9.13. The Kier molecular flexibility index (Phi) is 3.39. The number of Topliss-reactive ketones (excluding diaryl/α,β-unsaturated/α-hetero) is 1. The minimum absolute atomic E-state index is 0.264. The number of hydrogen-bond donors (Lipinski definition) is 1. The first-order valence-electron chi connectivity index (χ1n) is 6.70. The van der Waals surface area contributed by atoms with Crippen LogP contribution in [0.3, 0.4) is 0 Å². The largest absolute Gasteiger partial charge is 0.396 e. The lowest BCUT2D eigenvalue weighted by molar-refractivity contribution is -0.127. The molecular weight excluding hydrogens is 200 g/mol. The van der Waals surface area contributed by atoms with Crippen LogP contribution in [0.1, 0.15) is 40.0 Å². The molecule has 2 rings (SSSR count). The van der Waals surface area contributed by atoms with Crippen molar-refractivity contribution >= 4 is 5.78 Å². The van der Waals surface area contributed by atoms with Crippen molar-refractivity contribution in [3.63, 3.8) is 0 Å². The average Bonchev–Trinajstić information content (AvgIpc) is 2.49. The zero-order valence-electron chi connectivity index (χ0n) is 10.6. The van der Waals surface area contributed by atoms with E-state index in [1.165, 1.54) is 6.42 Å². The van der Waals surface area contributed by atoms with Crippen LogP contribution in [0.25, 0.3) is 0 Å². The molecule has 2 nitrogen and oxygen atoms in total. The van der Waals surface area contributed by atoms with Gasteiger partial charge in [0.1, 0.15) is 5.78 Å². The second-order valence-electron chi connectivity index (χ2n) is 6.07. The quantitative estimate of drug-likeness (QED) is 0.782. The highest BCUT2D eigenvalue weighted by atomic mass is 16.3. The van der Waals surface area contributed by atoms with Crippen LogP contribution >= 0.6 is 0 Å². The average molecular weight is 224 g/mol. The van der Waals surface area contributed by atoms with Crippen LogP contribution in [0.5, 0.6) is 0 Å². The number of carbonyl (C=O) groups excluding carboxylic acids is 1. The zero-order chi connectivity index (χ0) is 11.9. The van der Waals surface area contributed by atoms with Gasteiger partial charge in [-0.15, -0.1) is 0 Å². The second-order valence-corrected chi connectivity index (χ2v) is 6.07. The molecule has 0 amide bonds. The summed E-state index contributed by atoms with van der Waals surface area (Å²) in [4.78, 5) is 12.1. The molecule has 0 bridgehead atoms. The van der Waals surface area contributed by atoms with E-state index in [1.807, 2.05) is 0 Å². The standard InChI is InChI=1S/C14H24O2/c1-8-6-11-7-9(2)14(16)13(11)10(3)12(8)4-5-15/h8-13,15H,4-7H2,1-3H3/t8?,9-,10?,11?,12?,13?/m1/s1. The van der Waals surface area contributed by atoms with E-state index in [9.17, 15) is 4.79 Å². The molecule has 0 spiro atoms. The minimum Gasteiger partial charge on any atom is -0.396 e. The molecule has 2 fully saturated rings. The van der Waals surface area contributed by atoms with Crippen LogP contribution in [0.4, 0.5) is 0 Å². The Balaban J connectivity index is 2.16. The molecule has 2 aliphatic carbocycles. The summed E-state index contributed by atoms with van der Waals surface area (Å²) >= 11 is 0. The lowest BCUT2D eigenvalue weighted by Crippen LogP contribution is -2.38. The first-order valence-corrected chi connectivity index (χ1v) is 6.70. The Morgan fingerprint density at radius 3 is 2.56 bits per heavy atom. The molecule has 0 aliphatic heterocycles. The van der Waals surface area contributed by atoms with E-state index in [2.05, 4.69) is 20.8 Å². The molecule has 2 heteroatoms. The predicted octanol–water partition coefficient (Wildman–Crippen LogP) is 2.50. The van der Waals surface area contributed by atoms with Gasteiger partial charge in [0.05, 0.1) is 0 Å². The lowest BCUT2D eigenvalue weighted by Gasteiger charge is -2.41. The fraction of sp³-hybridized carbons (Fsp3) is 0.929. The fourth-order valence-corrected chi connectivity index (χ4v) is 4.34. The van der Waals surface area contributed by atoms with Crippen LogP contribution in [0.15, 0.2) is 0 Å². The molecule has 92 valence electrons. The molecule has 6 atom stereocenters. The third-order valence-electron chi connectivity index (χ3n) is 5.09. The molecular formula is C14H24O2. The maximum absolute atomic E-state index is 12.1. The van der Waals surface area contributed by atoms with Gasteiger partial charge in [-0.1, -0.05) is 20.8 Å². The maximum atomic E-state index is 12.1. The first kappa shape index (κ1) is 12.1. The van der Waals surface area contributed by atoms with E-state index in [0.29, 0.717) is 35.4 Å². The van der Waals surface area contributed by atoms with Crippen LogP contribution < -0.4 is 0 Å². The molecule has 5 unspecified atom stereocenters. The van der Waals surface area contributed by atoms with Crippen molar-refractivity contribution in [2.24, 2.45) is 35.5 Å². The highest BCUT2D eigenvalue weighted by molar-refractivity contribution is 5.86. The summed E-state index contributed by atoms with van der Waals surface area (Å²) < 4.78 is 0. The molecule has 0 saturated heterocycles. The topological polar surface area (TPSA) is 37.3 Å². The molecule has 2 saturated carbocycles. The normalized spacial score (nSPS) is 48.1. The van der Waals surface area contributed by atoms with Crippen molar-refractivity contribution in [1.29, 1.82) is 0 Å². The molecule has 1 N–H and O–H groups in total. The second kappa shape index (κ2) is 4.48. The summed E-state index contributed by atoms with van der Waals surface area (Å²) in [7, 11) is 0. The number of carbonyl (C=O) groups is 1. The zero-order valence-corrected chi connectivity index (χ0v) is 10.6. The minimum atomic E-state index is 0.264. The summed E-state index contributed by atoms with van der Waals surface area (Å²) in [6.07, 6.45) is 3.16. The van der Waals surface area contributed by atoms with Gasteiger partial charge in [0.25, 0.3) is 0 Å².